The molecule has 22 heavy (non-hydrogen) atoms. The number of nitrogens with two attached hydrogens (primary N) is 2. The predicted octanol–water partition coefficient (Wildman–Crippen LogP) is -2.88. The first-order valence-electron chi connectivity index (χ1n) is 6.03. The summed E-state index contributed by atoms with van der Waals surface area (Å²) in [6.07, 6.45) is -0.223. The van der Waals surface area contributed by atoms with Crippen LogP contribution in [0.4, 0.5) is 0 Å². The highest BCUT2D eigenvalue weighted by Crippen LogP contribution is 2.16. The second kappa shape index (κ2) is 5.63. The highest BCUT2D eigenvalue weighted by atomic mass is 16.7. The fourth-order valence-corrected chi connectivity index (χ4v) is 1.80. The molecule has 0 spiro atoms. The highest BCUT2D eigenvalue weighted by molar-refractivity contribution is 6.15. The largest absolute Gasteiger partial charge is 0.378 e. The molecule has 2 aliphatic heterocycles. The van der Waals surface area contributed by atoms with Gasteiger partial charge in [-0.05, 0) is 0 Å². The fraction of sp³-hybridized carbons (Fsp3) is 0.273. The summed E-state index contributed by atoms with van der Waals surface area (Å²) in [6.45, 7) is 0. The van der Waals surface area contributed by atoms with Crippen LogP contribution in [0.1, 0.15) is 12.8 Å². The molecule has 1 atom stereocenters. The van der Waals surface area contributed by atoms with Gasteiger partial charge in [0.15, 0.2) is 5.96 Å². The van der Waals surface area contributed by atoms with Crippen molar-refractivity contribution in [3.8, 4) is 0 Å². The Morgan fingerprint density at radius 2 is 1.59 bits per heavy atom. The van der Waals surface area contributed by atoms with Crippen molar-refractivity contribution < 1.29 is 28.8 Å². The first kappa shape index (κ1) is 15.2. The van der Waals surface area contributed by atoms with E-state index in [4.69, 9.17) is 11.5 Å². The van der Waals surface area contributed by atoms with Crippen molar-refractivity contribution in [3.63, 3.8) is 0 Å². The Hall–Kier alpha value is -3.24. The van der Waals surface area contributed by atoms with Gasteiger partial charge in [-0.1, -0.05) is 0 Å². The summed E-state index contributed by atoms with van der Waals surface area (Å²) in [5.41, 5.74) is 10.3. The molecule has 11 nitrogen and oxygen atoms in total. The van der Waals surface area contributed by atoms with E-state index in [1.807, 2.05) is 0 Å². The minimum Gasteiger partial charge on any atom is -0.370 e. The van der Waals surface area contributed by atoms with Gasteiger partial charge < -0.3 is 16.3 Å². The van der Waals surface area contributed by atoms with Gasteiger partial charge in [-0.2, -0.15) is 0 Å². The SMILES string of the molecule is NC(N)=NC(C(=O)ON1C(=O)CCC1=O)N1C(=O)C=CC1=O. The lowest BCUT2D eigenvalue weighted by atomic mass is 10.4. The molecule has 4 amide bonds. The number of hydrogen-bond donors (Lipinski definition) is 2. The van der Waals surface area contributed by atoms with Crippen molar-refractivity contribution in [1.82, 2.24) is 9.96 Å². The lowest BCUT2D eigenvalue weighted by Gasteiger charge is -2.22. The third-order valence-corrected chi connectivity index (χ3v) is 2.76. The van der Waals surface area contributed by atoms with Gasteiger partial charge in [-0.3, -0.25) is 19.2 Å². The number of imide groups is 2. The topological polar surface area (TPSA) is 165 Å². The van der Waals surface area contributed by atoms with Crippen LogP contribution in [0.2, 0.25) is 0 Å². The molecule has 116 valence electrons. The summed E-state index contributed by atoms with van der Waals surface area (Å²) in [5, 5.41) is 0.260. The summed E-state index contributed by atoms with van der Waals surface area (Å²) in [6, 6.07) is 0. The molecule has 0 bridgehead atoms. The summed E-state index contributed by atoms with van der Waals surface area (Å²) >= 11 is 0. The second-order valence-corrected chi connectivity index (χ2v) is 4.30. The predicted molar refractivity (Wildman–Crippen MR) is 67.8 cm³/mol. The van der Waals surface area contributed by atoms with Crippen LogP contribution in [0.3, 0.4) is 0 Å². The molecule has 0 aliphatic carbocycles. The first-order chi connectivity index (χ1) is 10.3. The molecule has 1 saturated heterocycles. The van der Waals surface area contributed by atoms with E-state index in [1.165, 1.54) is 0 Å². The van der Waals surface area contributed by atoms with Gasteiger partial charge in [0.2, 0.25) is 6.17 Å². The van der Waals surface area contributed by atoms with Crippen LogP contribution in [-0.4, -0.2) is 51.7 Å². The molecule has 0 aromatic heterocycles. The van der Waals surface area contributed by atoms with Gasteiger partial charge in [0, 0.05) is 25.0 Å². The number of hydroxylamine groups is 2. The smallest absolute Gasteiger partial charge is 0.370 e. The first-order valence-corrected chi connectivity index (χ1v) is 6.03. The van der Waals surface area contributed by atoms with E-state index in [0.717, 1.165) is 12.2 Å². The zero-order chi connectivity index (χ0) is 16.4. The number of carbonyl (C=O) groups excluding carboxylic acids is 5. The average Bonchev–Trinajstić information content (AvgIpc) is 2.93. The zero-order valence-electron chi connectivity index (χ0n) is 11.1. The van der Waals surface area contributed by atoms with Crippen LogP contribution < -0.4 is 11.5 Å². The van der Waals surface area contributed by atoms with Crippen molar-refractivity contribution in [2.45, 2.75) is 19.0 Å². The van der Waals surface area contributed by atoms with Crippen LogP contribution in [-0.2, 0) is 28.8 Å². The summed E-state index contributed by atoms with van der Waals surface area (Å²) in [7, 11) is 0. The normalized spacial score (nSPS) is 18.9. The highest BCUT2D eigenvalue weighted by Gasteiger charge is 2.41. The van der Waals surface area contributed by atoms with E-state index in [-0.39, 0.29) is 17.9 Å². The third-order valence-electron chi connectivity index (χ3n) is 2.76. The van der Waals surface area contributed by atoms with E-state index < -0.39 is 41.7 Å². The Morgan fingerprint density at radius 1 is 1.09 bits per heavy atom. The van der Waals surface area contributed by atoms with Crippen LogP contribution >= 0.6 is 0 Å². The molecule has 1 fully saturated rings. The van der Waals surface area contributed by atoms with Crippen LogP contribution in [0.25, 0.3) is 0 Å². The van der Waals surface area contributed by atoms with Crippen molar-refractivity contribution in [1.29, 1.82) is 0 Å². The number of rotatable bonds is 4. The van der Waals surface area contributed by atoms with Gasteiger partial charge in [-0.25, -0.2) is 14.7 Å². The van der Waals surface area contributed by atoms with Crippen molar-refractivity contribution >= 4 is 35.6 Å². The number of nitrogens with zero attached hydrogens (tertiary/aromatic N) is 3. The monoisotopic (exact) mass is 309 g/mol. The lowest BCUT2D eigenvalue weighted by molar-refractivity contribution is -0.201. The standard InChI is InChI=1S/C11H11N5O6/c12-11(13)14-9(15-5(17)1-2-6(15)18)10(21)22-16-7(19)3-4-8(16)20/h1-2,9H,3-4H2,(H4,12,13,14). The Labute approximate surface area is 123 Å². The second-order valence-electron chi connectivity index (χ2n) is 4.30. The van der Waals surface area contributed by atoms with Gasteiger partial charge >= 0.3 is 5.97 Å². The quantitative estimate of drug-likeness (QED) is 0.317. The minimum atomic E-state index is -1.83. The van der Waals surface area contributed by atoms with Gasteiger partial charge in [0.1, 0.15) is 0 Å². The maximum Gasteiger partial charge on any atom is 0.378 e. The molecular formula is C11H11N5O6. The lowest BCUT2D eigenvalue weighted by Crippen LogP contribution is -2.48. The van der Waals surface area contributed by atoms with Crippen molar-refractivity contribution in [3.05, 3.63) is 12.2 Å². The zero-order valence-corrected chi connectivity index (χ0v) is 11.1. The van der Waals surface area contributed by atoms with Crippen LogP contribution in [0.5, 0.6) is 0 Å². The summed E-state index contributed by atoms with van der Waals surface area (Å²) < 4.78 is 0. The molecule has 0 radical (unpaired) electrons. The Balaban J connectivity index is 2.22. The van der Waals surface area contributed by atoms with E-state index in [1.54, 1.807) is 0 Å². The van der Waals surface area contributed by atoms with E-state index >= 15 is 0 Å². The number of aliphatic imine (C=N–C) groups is 1. The molecule has 11 heteroatoms. The van der Waals surface area contributed by atoms with Gasteiger partial charge in [-0.15, -0.1) is 5.06 Å². The number of hydrogen-bond acceptors (Lipinski definition) is 7. The minimum absolute atomic E-state index is 0.109. The molecule has 0 aromatic carbocycles. The molecule has 4 N–H and O–H groups in total. The fourth-order valence-electron chi connectivity index (χ4n) is 1.80. The van der Waals surface area contributed by atoms with Gasteiger partial charge in [0.25, 0.3) is 23.6 Å². The van der Waals surface area contributed by atoms with E-state index in [9.17, 15) is 24.0 Å². The van der Waals surface area contributed by atoms with Crippen molar-refractivity contribution in [2.75, 3.05) is 0 Å². The van der Waals surface area contributed by atoms with Crippen LogP contribution in [0.15, 0.2) is 17.1 Å². The molecule has 2 rings (SSSR count). The number of amides is 4. The Bertz CT molecular complexity index is 601. The molecule has 0 saturated carbocycles. The van der Waals surface area contributed by atoms with E-state index in [0.29, 0.717) is 4.90 Å². The maximum atomic E-state index is 12.0. The summed E-state index contributed by atoms with van der Waals surface area (Å²) in [5.74, 6) is -5.03. The average molecular weight is 309 g/mol. The molecule has 2 heterocycles. The van der Waals surface area contributed by atoms with Crippen molar-refractivity contribution in [2.24, 2.45) is 16.5 Å². The number of guanidine groups is 1. The Morgan fingerprint density at radius 3 is 2.05 bits per heavy atom. The maximum absolute atomic E-state index is 12.0. The number of carbonyl (C=O) groups is 5. The summed E-state index contributed by atoms with van der Waals surface area (Å²) in [4.78, 5) is 66.5. The van der Waals surface area contributed by atoms with Crippen LogP contribution in [0, 0.1) is 0 Å². The third kappa shape index (κ3) is 2.77. The molecule has 0 aromatic rings. The molecule has 2 aliphatic rings. The molecule has 1 unspecified atom stereocenters. The van der Waals surface area contributed by atoms with E-state index in [2.05, 4.69) is 9.83 Å². The molecular weight excluding hydrogens is 298 g/mol. The van der Waals surface area contributed by atoms with Gasteiger partial charge in [0.05, 0.1) is 0 Å². The Kier molecular flexibility index (Phi) is 3.88.